The van der Waals surface area contributed by atoms with Crippen LogP contribution in [0.25, 0.3) is 22.3 Å². The van der Waals surface area contributed by atoms with Crippen molar-refractivity contribution in [2.24, 2.45) is 0 Å². The van der Waals surface area contributed by atoms with Gasteiger partial charge in [0.15, 0.2) is 6.61 Å². The Morgan fingerprint density at radius 2 is 1.93 bits per heavy atom. The van der Waals surface area contributed by atoms with Crippen LogP contribution in [-0.4, -0.2) is 28.2 Å². The summed E-state index contributed by atoms with van der Waals surface area (Å²) in [5, 5.41) is 4.70. The second-order valence-electron chi connectivity index (χ2n) is 6.65. The average Bonchev–Trinajstić information content (AvgIpc) is 3.21. The number of hydrogen-bond donors (Lipinski definition) is 0. The molecule has 0 unspecified atom stereocenters. The minimum Gasteiger partial charge on any atom is -0.497 e. The van der Waals surface area contributed by atoms with Crippen molar-refractivity contribution in [3.8, 4) is 17.1 Å². The molecule has 4 rings (SSSR count). The molecular weight excluding hydrogens is 370 g/mol. The maximum atomic E-state index is 12.7. The molecule has 146 valence electrons. The Hall–Kier alpha value is -3.74. The Morgan fingerprint density at radius 1 is 1.07 bits per heavy atom. The van der Waals surface area contributed by atoms with Gasteiger partial charge >= 0.3 is 5.97 Å². The predicted molar refractivity (Wildman–Crippen MR) is 107 cm³/mol. The lowest BCUT2D eigenvalue weighted by Crippen LogP contribution is -2.07. The fourth-order valence-corrected chi connectivity index (χ4v) is 3.04. The lowest BCUT2D eigenvalue weighted by Gasteiger charge is -2.08. The van der Waals surface area contributed by atoms with Crippen molar-refractivity contribution in [2.75, 3.05) is 7.11 Å². The number of rotatable bonds is 5. The number of pyridine rings is 1. The number of nitrogens with zero attached hydrogens (tertiary/aromatic N) is 3. The number of benzene rings is 2. The molecule has 7 heteroatoms. The first kappa shape index (κ1) is 18.6. The zero-order valence-electron chi connectivity index (χ0n) is 16.3. The van der Waals surface area contributed by atoms with Gasteiger partial charge in [-0.2, -0.15) is 4.98 Å². The van der Waals surface area contributed by atoms with E-state index >= 15 is 0 Å². The summed E-state index contributed by atoms with van der Waals surface area (Å²) in [7, 11) is 1.59. The van der Waals surface area contributed by atoms with Gasteiger partial charge in [-0.15, -0.1) is 0 Å². The van der Waals surface area contributed by atoms with E-state index in [1.165, 1.54) is 0 Å². The predicted octanol–water partition coefficient (Wildman–Crippen LogP) is 4.27. The molecule has 7 nitrogen and oxygen atoms in total. The minimum absolute atomic E-state index is 0.121. The van der Waals surface area contributed by atoms with Crippen molar-refractivity contribution in [1.82, 2.24) is 15.1 Å². The Morgan fingerprint density at radius 3 is 2.76 bits per heavy atom. The van der Waals surface area contributed by atoms with Gasteiger partial charge in [-0.25, -0.2) is 4.79 Å². The van der Waals surface area contributed by atoms with Crippen LogP contribution in [0.1, 0.15) is 27.5 Å². The molecular formula is C22H19N3O4. The molecule has 2 heterocycles. The standard InChI is InChI=1S/C22H19N3O4/c1-13-7-8-19-17(9-13)18(10-14(2)23-19)22(26)28-12-20-24-21(25-29-20)15-5-4-6-16(11-15)27-3/h4-11H,12H2,1-3H3. The molecule has 0 amide bonds. The van der Waals surface area contributed by atoms with Crippen molar-refractivity contribution >= 4 is 16.9 Å². The molecule has 0 bridgehead atoms. The molecule has 29 heavy (non-hydrogen) atoms. The lowest BCUT2D eigenvalue weighted by atomic mass is 10.1. The van der Waals surface area contributed by atoms with E-state index in [1.54, 1.807) is 19.2 Å². The number of esters is 1. The summed E-state index contributed by atoms with van der Waals surface area (Å²) in [6.07, 6.45) is 0. The van der Waals surface area contributed by atoms with Gasteiger partial charge in [-0.05, 0) is 44.2 Å². The highest BCUT2D eigenvalue weighted by atomic mass is 16.6. The maximum absolute atomic E-state index is 12.7. The van der Waals surface area contributed by atoms with Crippen LogP contribution in [0.5, 0.6) is 5.75 Å². The Kier molecular flexibility index (Phi) is 4.95. The Balaban J connectivity index is 1.53. The van der Waals surface area contributed by atoms with Crippen molar-refractivity contribution < 1.29 is 18.8 Å². The highest BCUT2D eigenvalue weighted by Crippen LogP contribution is 2.23. The molecule has 0 aliphatic carbocycles. The summed E-state index contributed by atoms with van der Waals surface area (Å²) in [5.41, 5.74) is 3.74. The first-order valence-corrected chi connectivity index (χ1v) is 9.05. The third kappa shape index (κ3) is 3.94. The van der Waals surface area contributed by atoms with Gasteiger partial charge in [0.2, 0.25) is 5.82 Å². The highest BCUT2D eigenvalue weighted by Gasteiger charge is 2.16. The van der Waals surface area contributed by atoms with Gasteiger partial charge in [0.05, 0.1) is 18.2 Å². The molecule has 4 aromatic rings. The van der Waals surface area contributed by atoms with Gasteiger partial charge < -0.3 is 14.0 Å². The molecule has 0 atom stereocenters. The molecule has 0 aliphatic rings. The van der Waals surface area contributed by atoms with Crippen LogP contribution in [-0.2, 0) is 11.3 Å². The molecule has 0 aliphatic heterocycles. The van der Waals surface area contributed by atoms with E-state index in [9.17, 15) is 4.79 Å². The largest absolute Gasteiger partial charge is 0.497 e. The summed E-state index contributed by atoms with van der Waals surface area (Å²) in [6, 6.07) is 14.8. The number of hydrogen-bond acceptors (Lipinski definition) is 7. The second-order valence-corrected chi connectivity index (χ2v) is 6.65. The molecule has 0 fully saturated rings. The first-order chi connectivity index (χ1) is 14.0. The van der Waals surface area contributed by atoms with E-state index in [-0.39, 0.29) is 12.5 Å². The molecule has 0 N–H and O–H groups in total. The normalized spacial score (nSPS) is 10.9. The van der Waals surface area contributed by atoms with Crippen LogP contribution in [0.15, 0.2) is 53.1 Å². The number of fused-ring (bicyclic) bond motifs is 1. The number of ether oxygens (including phenoxy) is 2. The second kappa shape index (κ2) is 7.71. The van der Waals surface area contributed by atoms with Crippen LogP contribution >= 0.6 is 0 Å². The lowest BCUT2D eigenvalue weighted by molar-refractivity contribution is 0.0432. The van der Waals surface area contributed by atoms with E-state index in [2.05, 4.69) is 15.1 Å². The monoisotopic (exact) mass is 389 g/mol. The smallest absolute Gasteiger partial charge is 0.339 e. The number of carbonyl (C=O) groups excluding carboxylic acids is 1. The number of methoxy groups -OCH3 is 1. The average molecular weight is 389 g/mol. The minimum atomic E-state index is -0.466. The SMILES string of the molecule is COc1cccc(-c2noc(COC(=O)c3cc(C)nc4ccc(C)cc34)n2)c1. The van der Waals surface area contributed by atoms with E-state index in [0.29, 0.717) is 17.1 Å². The summed E-state index contributed by atoms with van der Waals surface area (Å²) in [4.78, 5) is 21.5. The van der Waals surface area contributed by atoms with Crippen molar-refractivity contribution in [1.29, 1.82) is 0 Å². The van der Waals surface area contributed by atoms with E-state index < -0.39 is 5.97 Å². The number of aryl methyl sites for hydroxylation is 2. The molecule has 2 aromatic heterocycles. The molecule has 0 spiro atoms. The first-order valence-electron chi connectivity index (χ1n) is 9.05. The Bertz CT molecular complexity index is 1200. The van der Waals surface area contributed by atoms with Crippen LogP contribution in [0.2, 0.25) is 0 Å². The third-order valence-corrected chi connectivity index (χ3v) is 4.43. The van der Waals surface area contributed by atoms with Gasteiger partial charge in [0.1, 0.15) is 5.75 Å². The van der Waals surface area contributed by atoms with Crippen LogP contribution < -0.4 is 4.74 Å². The third-order valence-electron chi connectivity index (χ3n) is 4.43. The van der Waals surface area contributed by atoms with Crippen molar-refractivity contribution in [2.45, 2.75) is 20.5 Å². The van der Waals surface area contributed by atoms with E-state index in [0.717, 1.165) is 27.7 Å². The topological polar surface area (TPSA) is 87.3 Å². The maximum Gasteiger partial charge on any atom is 0.339 e. The quantitative estimate of drug-likeness (QED) is 0.471. The summed E-state index contributed by atoms with van der Waals surface area (Å²) in [6.45, 7) is 3.69. The highest BCUT2D eigenvalue weighted by molar-refractivity contribution is 6.03. The summed E-state index contributed by atoms with van der Waals surface area (Å²) < 4.78 is 15.8. The fraction of sp³-hybridized carbons (Fsp3) is 0.182. The zero-order valence-corrected chi connectivity index (χ0v) is 16.3. The van der Waals surface area contributed by atoms with Gasteiger partial charge in [0.25, 0.3) is 5.89 Å². The summed E-state index contributed by atoms with van der Waals surface area (Å²) in [5.74, 6) is 0.834. The van der Waals surface area contributed by atoms with Gasteiger partial charge in [-0.1, -0.05) is 28.9 Å². The summed E-state index contributed by atoms with van der Waals surface area (Å²) >= 11 is 0. The fourth-order valence-electron chi connectivity index (χ4n) is 3.04. The number of aromatic nitrogens is 3. The van der Waals surface area contributed by atoms with E-state index in [4.69, 9.17) is 14.0 Å². The molecule has 0 saturated carbocycles. The van der Waals surface area contributed by atoms with Crippen LogP contribution in [0.4, 0.5) is 0 Å². The van der Waals surface area contributed by atoms with Gasteiger partial charge in [-0.3, -0.25) is 4.98 Å². The molecule has 0 saturated heterocycles. The zero-order chi connectivity index (χ0) is 20.4. The Labute approximate surface area is 167 Å². The van der Waals surface area contributed by atoms with Gasteiger partial charge in [0, 0.05) is 16.6 Å². The van der Waals surface area contributed by atoms with Crippen LogP contribution in [0.3, 0.4) is 0 Å². The molecule has 2 aromatic carbocycles. The number of carbonyl (C=O) groups is 1. The van der Waals surface area contributed by atoms with Crippen molar-refractivity contribution in [3.05, 3.63) is 71.2 Å². The van der Waals surface area contributed by atoms with Crippen LogP contribution in [0, 0.1) is 13.8 Å². The van der Waals surface area contributed by atoms with E-state index in [1.807, 2.05) is 50.2 Å². The van der Waals surface area contributed by atoms with Crippen molar-refractivity contribution in [3.63, 3.8) is 0 Å². The molecule has 0 radical (unpaired) electrons.